The van der Waals surface area contributed by atoms with Crippen LogP contribution in [0.5, 0.6) is 11.5 Å². The van der Waals surface area contributed by atoms with Crippen LogP contribution in [0.15, 0.2) is 24.3 Å². The molecule has 3 aromatic rings. The van der Waals surface area contributed by atoms with Crippen molar-refractivity contribution in [1.29, 1.82) is 0 Å². The van der Waals surface area contributed by atoms with Crippen molar-refractivity contribution in [2.24, 2.45) is 0 Å². The predicted molar refractivity (Wildman–Crippen MR) is 98.6 cm³/mol. The van der Waals surface area contributed by atoms with Gasteiger partial charge in [-0.05, 0) is 107 Å². The molecule has 5 rings (SSSR count). The first-order chi connectivity index (χ1) is 11.8. The number of benzene rings is 3. The van der Waals surface area contributed by atoms with Crippen LogP contribution < -0.4 is 9.47 Å². The molecule has 0 spiro atoms. The molecular weight excluding hydrogens is 296 g/mol. The molecule has 0 aliphatic heterocycles. The summed E-state index contributed by atoms with van der Waals surface area (Å²) in [5.74, 6) is 1.95. The number of aryl methyl sites for hydroxylation is 4. The van der Waals surface area contributed by atoms with Crippen LogP contribution in [-0.2, 0) is 25.7 Å². The van der Waals surface area contributed by atoms with Crippen LogP contribution in [0.25, 0.3) is 21.5 Å². The average Bonchev–Trinajstić information content (AvgIpc) is 2.64. The summed E-state index contributed by atoms with van der Waals surface area (Å²) in [6.07, 6.45) is 7.24. The number of methoxy groups -OCH3 is 2. The van der Waals surface area contributed by atoms with E-state index in [9.17, 15) is 0 Å². The molecule has 0 radical (unpaired) electrons. The predicted octanol–water partition coefficient (Wildman–Crippen LogP) is 4.99. The third-order valence-electron chi connectivity index (χ3n) is 5.86. The van der Waals surface area contributed by atoms with Gasteiger partial charge in [-0.15, -0.1) is 0 Å². The summed E-state index contributed by atoms with van der Waals surface area (Å²) >= 11 is 0. The maximum atomic E-state index is 5.60. The zero-order valence-corrected chi connectivity index (χ0v) is 14.4. The first-order valence-electron chi connectivity index (χ1n) is 8.95. The second-order valence-corrected chi connectivity index (χ2v) is 7.08. The molecule has 0 amide bonds. The van der Waals surface area contributed by atoms with Crippen LogP contribution in [0.1, 0.15) is 35.1 Å². The molecule has 0 fully saturated rings. The normalized spacial score (nSPS) is 15.8. The lowest BCUT2D eigenvalue weighted by atomic mass is 9.77. The molecule has 0 saturated carbocycles. The van der Waals surface area contributed by atoms with Crippen molar-refractivity contribution in [1.82, 2.24) is 0 Å². The second kappa shape index (κ2) is 5.14. The van der Waals surface area contributed by atoms with E-state index in [2.05, 4.69) is 24.3 Å². The van der Waals surface area contributed by atoms with E-state index in [0.717, 1.165) is 24.3 Å². The first kappa shape index (κ1) is 14.2. The Morgan fingerprint density at radius 3 is 1.50 bits per heavy atom. The maximum Gasteiger partial charge on any atom is 0.119 e. The highest BCUT2D eigenvalue weighted by atomic mass is 16.5. The molecule has 0 bridgehead atoms. The molecule has 0 heterocycles. The molecule has 0 aromatic heterocycles. The number of fused-ring (bicyclic) bond motifs is 2. The Morgan fingerprint density at radius 1 is 0.625 bits per heavy atom. The molecule has 0 atom stereocenters. The summed E-state index contributed by atoms with van der Waals surface area (Å²) in [5.41, 5.74) is 6.12. The summed E-state index contributed by atoms with van der Waals surface area (Å²) in [4.78, 5) is 0. The van der Waals surface area contributed by atoms with Crippen molar-refractivity contribution in [2.45, 2.75) is 38.5 Å². The van der Waals surface area contributed by atoms with Crippen molar-refractivity contribution < 1.29 is 9.47 Å². The van der Waals surface area contributed by atoms with E-state index in [0.29, 0.717) is 0 Å². The van der Waals surface area contributed by atoms with E-state index in [1.54, 1.807) is 25.3 Å². The lowest BCUT2D eigenvalue weighted by molar-refractivity contribution is 0.414. The van der Waals surface area contributed by atoms with Crippen LogP contribution in [0, 0.1) is 0 Å². The fourth-order valence-corrected chi connectivity index (χ4v) is 4.88. The molecule has 24 heavy (non-hydrogen) atoms. The van der Waals surface area contributed by atoms with Crippen molar-refractivity contribution in [3.05, 3.63) is 46.5 Å². The van der Waals surface area contributed by atoms with E-state index in [4.69, 9.17) is 9.47 Å². The summed E-state index contributed by atoms with van der Waals surface area (Å²) in [6, 6.07) is 8.94. The molecule has 2 heteroatoms. The number of hydrogen-bond acceptors (Lipinski definition) is 2. The second-order valence-electron chi connectivity index (χ2n) is 7.08. The van der Waals surface area contributed by atoms with Crippen LogP contribution in [-0.4, -0.2) is 14.2 Å². The molecule has 2 aliphatic carbocycles. The highest BCUT2D eigenvalue weighted by Gasteiger charge is 2.24. The van der Waals surface area contributed by atoms with Gasteiger partial charge in [0.2, 0.25) is 0 Å². The van der Waals surface area contributed by atoms with Gasteiger partial charge in [0.15, 0.2) is 0 Å². The molecule has 0 N–H and O–H groups in total. The van der Waals surface area contributed by atoms with Crippen molar-refractivity contribution in [3.63, 3.8) is 0 Å². The first-order valence-corrected chi connectivity index (χ1v) is 8.95. The molecule has 2 nitrogen and oxygen atoms in total. The lowest BCUT2D eigenvalue weighted by Gasteiger charge is -2.27. The zero-order valence-electron chi connectivity index (χ0n) is 14.4. The smallest absolute Gasteiger partial charge is 0.119 e. The quantitative estimate of drug-likeness (QED) is 0.620. The van der Waals surface area contributed by atoms with Gasteiger partial charge in [-0.2, -0.15) is 0 Å². The Morgan fingerprint density at radius 2 is 1.08 bits per heavy atom. The molecule has 0 unspecified atom stereocenters. The van der Waals surface area contributed by atoms with Crippen molar-refractivity contribution in [2.75, 3.05) is 14.2 Å². The van der Waals surface area contributed by atoms with Gasteiger partial charge in [0.05, 0.1) is 14.2 Å². The van der Waals surface area contributed by atoms with Gasteiger partial charge in [0.1, 0.15) is 11.5 Å². The standard InChI is InChI=1S/C22H22O2/c1-23-15-9-13-5-3-7-17-18-8-4-6-14-10-16(24-2)12-20(22(14)18)19(11-15)21(13)17/h9-12H,3-8H2,1-2H3. The fourth-order valence-electron chi connectivity index (χ4n) is 4.88. The molecule has 2 aliphatic rings. The summed E-state index contributed by atoms with van der Waals surface area (Å²) < 4.78 is 11.2. The third-order valence-corrected chi connectivity index (χ3v) is 5.86. The Balaban J connectivity index is 2.04. The zero-order chi connectivity index (χ0) is 16.3. The van der Waals surface area contributed by atoms with Crippen molar-refractivity contribution in [3.8, 4) is 11.5 Å². The van der Waals surface area contributed by atoms with Gasteiger partial charge in [0, 0.05) is 0 Å². The Hall–Kier alpha value is -2.22. The van der Waals surface area contributed by atoms with E-state index in [-0.39, 0.29) is 0 Å². The average molecular weight is 318 g/mol. The van der Waals surface area contributed by atoms with Crippen molar-refractivity contribution >= 4 is 21.5 Å². The van der Waals surface area contributed by atoms with E-state index in [1.807, 2.05) is 0 Å². The Labute approximate surface area is 142 Å². The molecule has 0 saturated heterocycles. The summed E-state index contributed by atoms with van der Waals surface area (Å²) in [5, 5.41) is 5.68. The topological polar surface area (TPSA) is 18.5 Å². The van der Waals surface area contributed by atoms with Crippen LogP contribution >= 0.6 is 0 Å². The van der Waals surface area contributed by atoms with Gasteiger partial charge < -0.3 is 9.47 Å². The summed E-state index contributed by atoms with van der Waals surface area (Å²) in [6.45, 7) is 0. The van der Waals surface area contributed by atoms with E-state index < -0.39 is 0 Å². The Bertz CT molecular complexity index is 904. The van der Waals surface area contributed by atoms with E-state index >= 15 is 0 Å². The largest absolute Gasteiger partial charge is 0.497 e. The number of rotatable bonds is 2. The van der Waals surface area contributed by atoms with Crippen LogP contribution in [0.2, 0.25) is 0 Å². The lowest BCUT2D eigenvalue weighted by Crippen LogP contribution is -2.11. The van der Waals surface area contributed by atoms with Gasteiger partial charge in [0.25, 0.3) is 0 Å². The van der Waals surface area contributed by atoms with Crippen LogP contribution in [0.3, 0.4) is 0 Å². The highest BCUT2D eigenvalue weighted by molar-refractivity contribution is 6.14. The van der Waals surface area contributed by atoms with Gasteiger partial charge in [-0.1, -0.05) is 0 Å². The SMILES string of the molecule is COc1cc2c3c(c4c5c(cc(OC)cc5c3c1)CCC4)CCC2. The third kappa shape index (κ3) is 1.83. The fraction of sp³-hybridized carbons (Fsp3) is 0.364. The minimum Gasteiger partial charge on any atom is -0.497 e. The summed E-state index contributed by atoms with van der Waals surface area (Å²) in [7, 11) is 3.53. The number of ether oxygens (including phenoxy) is 2. The maximum absolute atomic E-state index is 5.60. The van der Waals surface area contributed by atoms with Crippen LogP contribution in [0.4, 0.5) is 0 Å². The van der Waals surface area contributed by atoms with E-state index in [1.165, 1.54) is 58.4 Å². The molecular formula is C22H22O2. The van der Waals surface area contributed by atoms with Gasteiger partial charge in [-0.3, -0.25) is 0 Å². The highest BCUT2D eigenvalue weighted by Crippen LogP contribution is 2.45. The molecule has 122 valence electrons. The van der Waals surface area contributed by atoms with Gasteiger partial charge >= 0.3 is 0 Å². The minimum atomic E-state index is 0.973. The minimum absolute atomic E-state index is 0.973. The monoisotopic (exact) mass is 318 g/mol. The molecule has 3 aromatic carbocycles. The number of hydrogen-bond donors (Lipinski definition) is 0. The van der Waals surface area contributed by atoms with Gasteiger partial charge in [-0.25, -0.2) is 0 Å². The Kier molecular flexibility index (Phi) is 3.03.